The number of carbonyl (C=O) groups excluding carboxylic acids is 3. The molecule has 9 nitrogen and oxygen atoms in total. The SMILES string of the molecule is COc1cc(OC)cc(N2C(=O)[C@H]3[C@H](SC(N)=C4C(=O)Oc5cc(O)ccc5[C@H]43)C2=O)c1. The Morgan fingerprint density at radius 2 is 1.72 bits per heavy atom. The van der Waals surface area contributed by atoms with Gasteiger partial charge in [0.25, 0.3) is 0 Å². The zero-order chi connectivity index (χ0) is 22.7. The molecule has 10 heteroatoms. The molecular formula is C22H18N2O7S. The van der Waals surface area contributed by atoms with E-state index < -0.39 is 34.9 Å². The molecule has 1 saturated heterocycles. The van der Waals surface area contributed by atoms with Gasteiger partial charge in [0.1, 0.15) is 28.2 Å². The average Bonchev–Trinajstić information content (AvgIpc) is 3.02. The molecule has 0 aliphatic carbocycles. The van der Waals surface area contributed by atoms with E-state index in [1.165, 1.54) is 26.4 Å². The van der Waals surface area contributed by atoms with E-state index >= 15 is 0 Å². The molecule has 164 valence electrons. The Labute approximate surface area is 186 Å². The number of nitrogens with two attached hydrogens (primary N) is 1. The normalized spacial score (nSPS) is 24.0. The monoisotopic (exact) mass is 454 g/mol. The number of aromatic hydroxyl groups is 1. The van der Waals surface area contributed by atoms with Crippen LogP contribution >= 0.6 is 11.8 Å². The van der Waals surface area contributed by atoms with E-state index in [2.05, 4.69) is 0 Å². The van der Waals surface area contributed by atoms with Gasteiger partial charge in [-0.3, -0.25) is 9.59 Å². The third kappa shape index (κ3) is 2.83. The Morgan fingerprint density at radius 3 is 2.38 bits per heavy atom. The number of thioether (sulfide) groups is 1. The molecule has 5 rings (SSSR count). The average molecular weight is 454 g/mol. The molecule has 0 radical (unpaired) electrons. The molecule has 3 aliphatic heterocycles. The van der Waals surface area contributed by atoms with Crippen molar-refractivity contribution >= 4 is 35.2 Å². The number of methoxy groups -OCH3 is 2. The van der Waals surface area contributed by atoms with Gasteiger partial charge in [-0.1, -0.05) is 17.8 Å². The van der Waals surface area contributed by atoms with Crippen molar-refractivity contribution in [2.75, 3.05) is 19.1 Å². The van der Waals surface area contributed by atoms with Crippen molar-refractivity contribution in [1.82, 2.24) is 0 Å². The molecule has 3 aliphatic rings. The van der Waals surface area contributed by atoms with E-state index in [1.54, 1.807) is 24.3 Å². The van der Waals surface area contributed by atoms with Crippen LogP contribution in [-0.2, 0) is 14.4 Å². The summed E-state index contributed by atoms with van der Waals surface area (Å²) in [5.41, 5.74) is 7.15. The first kappa shape index (κ1) is 20.3. The molecule has 0 saturated carbocycles. The second-order valence-corrected chi connectivity index (χ2v) is 8.70. The van der Waals surface area contributed by atoms with E-state index in [4.69, 9.17) is 19.9 Å². The van der Waals surface area contributed by atoms with E-state index in [0.29, 0.717) is 22.7 Å². The Morgan fingerprint density at radius 1 is 1.03 bits per heavy atom. The molecule has 0 aromatic heterocycles. The Kier molecular flexibility index (Phi) is 4.55. The quantitative estimate of drug-likeness (QED) is 0.406. The fourth-order valence-corrected chi connectivity index (χ4v) is 5.66. The number of hydrogen-bond donors (Lipinski definition) is 2. The van der Waals surface area contributed by atoms with E-state index in [-0.39, 0.29) is 22.1 Å². The highest BCUT2D eigenvalue weighted by molar-refractivity contribution is 8.04. The van der Waals surface area contributed by atoms with Crippen LogP contribution in [0.3, 0.4) is 0 Å². The van der Waals surface area contributed by atoms with Gasteiger partial charge in [-0.2, -0.15) is 0 Å². The lowest BCUT2D eigenvalue weighted by molar-refractivity contribution is -0.131. The van der Waals surface area contributed by atoms with Gasteiger partial charge in [-0.25, -0.2) is 9.69 Å². The Bertz CT molecular complexity index is 1200. The van der Waals surface area contributed by atoms with Crippen molar-refractivity contribution in [1.29, 1.82) is 0 Å². The molecule has 2 amide bonds. The molecule has 0 spiro atoms. The van der Waals surface area contributed by atoms with Gasteiger partial charge in [-0.05, 0) is 6.07 Å². The molecule has 3 N–H and O–H groups in total. The van der Waals surface area contributed by atoms with Gasteiger partial charge in [0.2, 0.25) is 11.8 Å². The lowest BCUT2D eigenvalue weighted by Gasteiger charge is -2.36. The van der Waals surface area contributed by atoms with Gasteiger partial charge >= 0.3 is 5.97 Å². The van der Waals surface area contributed by atoms with Crippen molar-refractivity contribution < 1.29 is 33.7 Å². The maximum absolute atomic E-state index is 13.6. The number of ether oxygens (including phenoxy) is 3. The number of nitrogens with zero attached hydrogens (tertiary/aromatic N) is 1. The summed E-state index contributed by atoms with van der Waals surface area (Å²) in [6.45, 7) is 0. The van der Waals surface area contributed by atoms with Crippen LogP contribution in [0.15, 0.2) is 47.0 Å². The number of amides is 2. The van der Waals surface area contributed by atoms with Gasteiger partial charge in [0.05, 0.1) is 36.4 Å². The van der Waals surface area contributed by atoms with Crippen molar-refractivity contribution in [2.45, 2.75) is 11.2 Å². The number of rotatable bonds is 3. The summed E-state index contributed by atoms with van der Waals surface area (Å²) in [6.07, 6.45) is 0. The number of esters is 1. The topological polar surface area (TPSA) is 128 Å². The van der Waals surface area contributed by atoms with Crippen LogP contribution in [0.4, 0.5) is 5.69 Å². The summed E-state index contributed by atoms with van der Waals surface area (Å²) in [7, 11) is 2.94. The summed E-state index contributed by atoms with van der Waals surface area (Å²) >= 11 is 0.987. The summed E-state index contributed by atoms with van der Waals surface area (Å²) in [4.78, 5) is 40.8. The standard InChI is InChI=1S/C22H18N2O7S/c1-29-11-5-9(6-12(8-11)30-2)24-20(26)16-15-13-4-3-10(25)7-14(13)31-22(28)17(15)19(23)32-18(16)21(24)27/h3-8,15-16,18,25H,23H2,1-2H3/t15-,16+,18-/m0/s1. The van der Waals surface area contributed by atoms with Gasteiger partial charge in [0, 0.05) is 35.7 Å². The molecular weight excluding hydrogens is 436 g/mol. The minimum Gasteiger partial charge on any atom is -0.508 e. The molecule has 0 bridgehead atoms. The van der Waals surface area contributed by atoms with E-state index in [1.807, 2.05) is 0 Å². The first-order valence-corrected chi connectivity index (χ1v) is 10.5. The molecule has 32 heavy (non-hydrogen) atoms. The molecule has 1 fully saturated rings. The third-order valence-corrected chi connectivity index (χ3v) is 7.06. The molecule has 0 unspecified atom stereocenters. The predicted octanol–water partition coefficient (Wildman–Crippen LogP) is 1.89. The Hall–Kier alpha value is -3.66. The van der Waals surface area contributed by atoms with Crippen LogP contribution in [0, 0.1) is 5.92 Å². The third-order valence-electron chi connectivity index (χ3n) is 5.83. The lowest BCUT2D eigenvalue weighted by Crippen LogP contribution is -2.39. The molecule has 3 atom stereocenters. The number of benzene rings is 2. The van der Waals surface area contributed by atoms with Crippen molar-refractivity contribution in [3.05, 3.63) is 52.6 Å². The second kappa shape index (κ2) is 7.20. The second-order valence-electron chi connectivity index (χ2n) is 7.51. The fourth-order valence-electron chi connectivity index (χ4n) is 4.42. The van der Waals surface area contributed by atoms with Crippen LogP contribution in [0.1, 0.15) is 11.5 Å². The number of phenolic OH excluding ortho intramolecular Hbond substituents is 1. The Balaban J connectivity index is 1.64. The van der Waals surface area contributed by atoms with Crippen LogP contribution in [0.2, 0.25) is 0 Å². The number of imide groups is 1. The number of carbonyl (C=O) groups is 3. The van der Waals surface area contributed by atoms with Gasteiger partial charge in [-0.15, -0.1) is 0 Å². The lowest BCUT2D eigenvalue weighted by atomic mass is 9.77. The predicted molar refractivity (Wildman–Crippen MR) is 115 cm³/mol. The van der Waals surface area contributed by atoms with Crippen LogP contribution in [0.25, 0.3) is 0 Å². The van der Waals surface area contributed by atoms with E-state index in [9.17, 15) is 19.5 Å². The molecule has 3 heterocycles. The van der Waals surface area contributed by atoms with Gasteiger partial charge < -0.3 is 25.1 Å². The van der Waals surface area contributed by atoms with E-state index in [0.717, 1.165) is 16.7 Å². The maximum Gasteiger partial charge on any atom is 0.342 e. The number of anilines is 1. The minimum absolute atomic E-state index is 0.0855. The van der Waals surface area contributed by atoms with Crippen molar-refractivity contribution in [3.63, 3.8) is 0 Å². The fraction of sp³-hybridized carbons (Fsp3) is 0.227. The summed E-state index contributed by atoms with van der Waals surface area (Å²) in [5.74, 6) is -2.35. The van der Waals surface area contributed by atoms with Crippen LogP contribution < -0.4 is 24.8 Å². The summed E-state index contributed by atoms with van der Waals surface area (Å²) < 4.78 is 15.9. The van der Waals surface area contributed by atoms with Crippen molar-refractivity contribution in [3.8, 4) is 23.0 Å². The summed E-state index contributed by atoms with van der Waals surface area (Å²) in [6, 6.07) is 9.10. The maximum atomic E-state index is 13.6. The van der Waals surface area contributed by atoms with Gasteiger partial charge in [0.15, 0.2) is 0 Å². The van der Waals surface area contributed by atoms with Crippen LogP contribution in [0.5, 0.6) is 23.0 Å². The molecule has 2 aromatic rings. The largest absolute Gasteiger partial charge is 0.508 e. The highest BCUT2D eigenvalue weighted by Gasteiger charge is 2.58. The number of hydrogen-bond acceptors (Lipinski definition) is 9. The molecule has 2 aromatic carbocycles. The summed E-state index contributed by atoms with van der Waals surface area (Å²) in [5, 5.41) is 9.13. The zero-order valence-corrected chi connectivity index (χ0v) is 17.8. The highest BCUT2D eigenvalue weighted by Crippen LogP contribution is 2.55. The van der Waals surface area contributed by atoms with Crippen molar-refractivity contribution in [2.24, 2.45) is 11.7 Å². The highest BCUT2D eigenvalue weighted by atomic mass is 32.2. The first-order valence-electron chi connectivity index (χ1n) is 9.66. The smallest absolute Gasteiger partial charge is 0.342 e. The number of phenols is 1. The zero-order valence-electron chi connectivity index (χ0n) is 17.0. The minimum atomic E-state index is -0.872. The number of fused-ring (bicyclic) bond motifs is 5. The van der Waals surface area contributed by atoms with Crippen LogP contribution in [-0.4, -0.2) is 42.4 Å². The first-order chi connectivity index (χ1) is 15.3.